The number of nitrogens with one attached hydrogen (secondary N) is 1. The van der Waals surface area contributed by atoms with E-state index in [1.165, 1.54) is 5.56 Å². The topological polar surface area (TPSA) is 38.3 Å². The quantitative estimate of drug-likeness (QED) is 0.911. The molecule has 1 N–H and O–H groups in total. The minimum Gasteiger partial charge on any atom is -0.497 e. The number of methoxy groups -OCH3 is 1. The van der Waals surface area contributed by atoms with Gasteiger partial charge in [0.2, 0.25) is 0 Å². The number of hydrogen-bond acceptors (Lipinski definition) is 2. The number of benzene rings is 2. The second-order valence-corrected chi connectivity index (χ2v) is 6.14. The maximum atomic E-state index is 12.2. The lowest BCUT2D eigenvalue weighted by Gasteiger charge is -2.17. The van der Waals surface area contributed by atoms with Gasteiger partial charge in [-0.3, -0.25) is 4.79 Å². The molecule has 22 heavy (non-hydrogen) atoms. The predicted octanol–water partition coefficient (Wildman–Crippen LogP) is 3.81. The van der Waals surface area contributed by atoms with Crippen molar-refractivity contribution >= 4 is 17.5 Å². The van der Waals surface area contributed by atoms with Gasteiger partial charge in [0.05, 0.1) is 7.11 Å². The van der Waals surface area contributed by atoms with Crippen molar-refractivity contribution in [2.45, 2.75) is 18.3 Å². The Hall–Kier alpha value is -2.00. The van der Waals surface area contributed by atoms with Gasteiger partial charge in [-0.2, -0.15) is 0 Å². The third-order valence-electron chi connectivity index (χ3n) is 4.23. The Balaban J connectivity index is 1.65. The van der Waals surface area contributed by atoms with E-state index in [1.807, 2.05) is 18.2 Å². The number of carbonyl (C=O) groups excluding carboxylic acids is 1. The van der Waals surface area contributed by atoms with Crippen LogP contribution >= 0.6 is 11.6 Å². The van der Waals surface area contributed by atoms with Crippen LogP contribution in [0.25, 0.3) is 0 Å². The monoisotopic (exact) mass is 315 g/mol. The molecule has 1 aliphatic rings. The Labute approximate surface area is 135 Å². The highest BCUT2D eigenvalue weighted by Crippen LogP contribution is 2.48. The molecule has 1 saturated carbocycles. The molecule has 3 nitrogen and oxygen atoms in total. The molecule has 114 valence electrons. The maximum Gasteiger partial charge on any atom is 0.251 e. The van der Waals surface area contributed by atoms with Gasteiger partial charge in [0.15, 0.2) is 0 Å². The molecule has 1 amide bonds. The Morgan fingerprint density at radius 1 is 1.23 bits per heavy atom. The van der Waals surface area contributed by atoms with Crippen molar-refractivity contribution in [3.63, 3.8) is 0 Å². The summed E-state index contributed by atoms with van der Waals surface area (Å²) in [5.74, 6) is 0.685. The average molecular weight is 316 g/mol. The van der Waals surface area contributed by atoms with Gasteiger partial charge in [0, 0.05) is 22.5 Å². The Bertz CT molecular complexity index is 678. The lowest BCUT2D eigenvalue weighted by Crippen LogP contribution is -2.32. The Morgan fingerprint density at radius 3 is 2.55 bits per heavy atom. The standard InChI is InChI=1S/C18H18ClNO2/c1-22-16-7-5-13(6-8-16)17(21)20-12-18(9-10-18)14-3-2-4-15(19)11-14/h2-8,11H,9-10,12H2,1H3,(H,20,21). The van der Waals surface area contributed by atoms with Gasteiger partial charge in [0.1, 0.15) is 5.75 Å². The first-order valence-electron chi connectivity index (χ1n) is 7.31. The third kappa shape index (κ3) is 3.09. The van der Waals surface area contributed by atoms with Crippen LogP contribution in [0.1, 0.15) is 28.8 Å². The first kappa shape index (κ1) is 14.9. The van der Waals surface area contributed by atoms with E-state index < -0.39 is 0 Å². The molecule has 0 radical (unpaired) electrons. The maximum absolute atomic E-state index is 12.2. The zero-order valence-corrected chi connectivity index (χ0v) is 13.2. The highest BCUT2D eigenvalue weighted by molar-refractivity contribution is 6.30. The van der Waals surface area contributed by atoms with Gasteiger partial charge >= 0.3 is 0 Å². The van der Waals surface area contributed by atoms with Crippen LogP contribution in [0.2, 0.25) is 5.02 Å². The van der Waals surface area contributed by atoms with Crippen LogP contribution in [0.5, 0.6) is 5.75 Å². The van der Waals surface area contributed by atoms with Crippen LogP contribution in [-0.4, -0.2) is 19.6 Å². The molecular formula is C18H18ClNO2. The van der Waals surface area contributed by atoms with E-state index in [0.29, 0.717) is 12.1 Å². The number of halogens is 1. The summed E-state index contributed by atoms with van der Waals surface area (Å²) in [4.78, 5) is 12.2. The van der Waals surface area contributed by atoms with Gasteiger partial charge < -0.3 is 10.1 Å². The van der Waals surface area contributed by atoms with Gasteiger partial charge in [-0.15, -0.1) is 0 Å². The summed E-state index contributed by atoms with van der Waals surface area (Å²) in [6.45, 7) is 0.637. The van der Waals surface area contributed by atoms with Gasteiger partial charge in [-0.05, 0) is 54.8 Å². The molecule has 0 bridgehead atoms. The molecule has 0 unspecified atom stereocenters. The van der Waals surface area contributed by atoms with Crippen molar-refractivity contribution in [1.82, 2.24) is 5.32 Å². The molecule has 4 heteroatoms. The largest absolute Gasteiger partial charge is 0.497 e. The van der Waals surface area contributed by atoms with E-state index in [9.17, 15) is 4.79 Å². The predicted molar refractivity (Wildman–Crippen MR) is 87.7 cm³/mol. The van der Waals surface area contributed by atoms with Crippen molar-refractivity contribution in [2.24, 2.45) is 0 Å². The van der Waals surface area contributed by atoms with E-state index in [4.69, 9.17) is 16.3 Å². The van der Waals surface area contributed by atoms with Crippen molar-refractivity contribution < 1.29 is 9.53 Å². The van der Waals surface area contributed by atoms with Crippen LogP contribution in [0.15, 0.2) is 48.5 Å². The van der Waals surface area contributed by atoms with Gasteiger partial charge in [-0.1, -0.05) is 23.7 Å². The van der Waals surface area contributed by atoms with Crippen LogP contribution < -0.4 is 10.1 Å². The molecule has 0 heterocycles. The smallest absolute Gasteiger partial charge is 0.251 e. The number of amides is 1. The van der Waals surface area contributed by atoms with E-state index in [2.05, 4.69) is 11.4 Å². The fourth-order valence-corrected chi connectivity index (χ4v) is 2.82. The molecule has 0 atom stereocenters. The summed E-state index contributed by atoms with van der Waals surface area (Å²) >= 11 is 6.07. The summed E-state index contributed by atoms with van der Waals surface area (Å²) in [5.41, 5.74) is 1.89. The summed E-state index contributed by atoms with van der Waals surface area (Å²) in [5, 5.41) is 3.78. The lowest BCUT2D eigenvalue weighted by molar-refractivity contribution is 0.0949. The molecule has 0 saturated heterocycles. The number of hydrogen-bond donors (Lipinski definition) is 1. The third-order valence-corrected chi connectivity index (χ3v) is 4.47. The van der Waals surface area contributed by atoms with Crippen LogP contribution in [0, 0.1) is 0 Å². The van der Waals surface area contributed by atoms with Crippen molar-refractivity contribution in [3.8, 4) is 5.75 Å². The van der Waals surface area contributed by atoms with Crippen LogP contribution in [0.4, 0.5) is 0 Å². The minimum absolute atomic E-state index is 0.0486. The summed E-state index contributed by atoms with van der Waals surface area (Å²) in [6, 6.07) is 15.0. The second-order valence-electron chi connectivity index (χ2n) is 5.70. The number of ether oxygens (including phenoxy) is 1. The molecule has 2 aromatic carbocycles. The molecule has 0 spiro atoms. The summed E-state index contributed by atoms with van der Waals surface area (Å²) < 4.78 is 5.10. The number of carbonyl (C=O) groups is 1. The summed E-state index contributed by atoms with van der Waals surface area (Å²) in [7, 11) is 1.61. The molecule has 0 aliphatic heterocycles. The van der Waals surface area contributed by atoms with Crippen molar-refractivity contribution in [2.75, 3.05) is 13.7 Å². The van der Waals surface area contributed by atoms with Crippen molar-refractivity contribution in [1.29, 1.82) is 0 Å². The van der Waals surface area contributed by atoms with E-state index in [-0.39, 0.29) is 11.3 Å². The zero-order valence-electron chi connectivity index (χ0n) is 12.4. The molecule has 3 rings (SSSR count). The normalized spacial score (nSPS) is 15.2. The molecule has 1 fully saturated rings. The average Bonchev–Trinajstić information content (AvgIpc) is 3.34. The van der Waals surface area contributed by atoms with Gasteiger partial charge in [-0.25, -0.2) is 0 Å². The highest BCUT2D eigenvalue weighted by Gasteiger charge is 2.44. The fourth-order valence-electron chi connectivity index (χ4n) is 2.63. The Kier molecular flexibility index (Phi) is 4.08. The zero-order chi connectivity index (χ0) is 15.6. The van der Waals surface area contributed by atoms with Crippen LogP contribution in [0.3, 0.4) is 0 Å². The van der Waals surface area contributed by atoms with Crippen LogP contribution in [-0.2, 0) is 5.41 Å². The molecule has 0 aromatic heterocycles. The number of rotatable bonds is 5. The van der Waals surface area contributed by atoms with E-state index in [0.717, 1.165) is 23.6 Å². The SMILES string of the molecule is COc1ccc(C(=O)NCC2(c3cccc(Cl)c3)CC2)cc1. The minimum atomic E-state index is -0.0593. The van der Waals surface area contributed by atoms with Crippen molar-refractivity contribution in [3.05, 3.63) is 64.7 Å². The first-order valence-corrected chi connectivity index (χ1v) is 7.69. The fraction of sp³-hybridized carbons (Fsp3) is 0.278. The highest BCUT2D eigenvalue weighted by atomic mass is 35.5. The van der Waals surface area contributed by atoms with E-state index in [1.54, 1.807) is 31.4 Å². The summed E-state index contributed by atoms with van der Waals surface area (Å²) in [6.07, 6.45) is 2.16. The Morgan fingerprint density at radius 2 is 1.95 bits per heavy atom. The second kappa shape index (κ2) is 6.01. The molecule has 1 aliphatic carbocycles. The van der Waals surface area contributed by atoms with Gasteiger partial charge in [0.25, 0.3) is 5.91 Å². The first-order chi connectivity index (χ1) is 10.6. The molecular weight excluding hydrogens is 298 g/mol. The van der Waals surface area contributed by atoms with E-state index >= 15 is 0 Å². The molecule has 2 aromatic rings. The lowest BCUT2D eigenvalue weighted by atomic mass is 9.96.